The molecule has 4 rings (SSSR count). The number of aromatic nitrogens is 1. The van der Waals surface area contributed by atoms with Crippen LogP contribution in [0.1, 0.15) is 38.8 Å². The maximum absolute atomic E-state index is 13.3. The summed E-state index contributed by atoms with van der Waals surface area (Å²) in [5, 5.41) is 10.8. The highest BCUT2D eigenvalue weighted by Crippen LogP contribution is 2.30. The summed E-state index contributed by atoms with van der Waals surface area (Å²) in [4.78, 5) is 46.0. The molecule has 0 unspecified atom stereocenters. The number of carbonyl (C=O) groups excluding carboxylic acids is 3. The number of piperazine rings is 1. The highest BCUT2D eigenvalue weighted by atomic mass is 32.1. The molecule has 164 valence electrons. The minimum Gasteiger partial charge on any atom is -0.354 e. The van der Waals surface area contributed by atoms with Gasteiger partial charge in [-0.05, 0) is 33.1 Å². The highest BCUT2D eigenvalue weighted by molar-refractivity contribution is 7.07. The molecule has 1 aromatic rings. The zero-order chi connectivity index (χ0) is 21.3. The van der Waals surface area contributed by atoms with Crippen molar-refractivity contribution < 1.29 is 14.4 Å². The summed E-state index contributed by atoms with van der Waals surface area (Å²) in [6.45, 7) is 5.93. The van der Waals surface area contributed by atoms with Crippen LogP contribution < -0.4 is 16.0 Å². The molecular weight excluding hydrogens is 404 g/mol. The van der Waals surface area contributed by atoms with Gasteiger partial charge in [-0.25, -0.2) is 9.78 Å². The number of amides is 4. The van der Waals surface area contributed by atoms with Gasteiger partial charge in [-0.3, -0.25) is 14.5 Å². The summed E-state index contributed by atoms with van der Waals surface area (Å²) in [7, 11) is 0. The van der Waals surface area contributed by atoms with Gasteiger partial charge < -0.3 is 20.9 Å². The first-order valence-corrected chi connectivity index (χ1v) is 11.6. The normalized spacial score (nSPS) is 26.6. The van der Waals surface area contributed by atoms with Crippen LogP contribution in [0.2, 0.25) is 0 Å². The topological polar surface area (TPSA) is 107 Å². The third kappa shape index (κ3) is 4.92. The number of rotatable bonds is 7. The molecule has 1 aromatic heterocycles. The standard InChI is InChI=1S/C20H30N6O3S/c1-12(2)23-20(29)24-14-5-16-9-25(7-15-10-30-11-22-15)17(19(28)26(16)8-14)6-21-18(27)13-3-4-13/h10-14,16-17H,3-9H2,1-2H3,(H,21,27)(H2,23,24,29)/t14-,16-,17-/m0/s1. The van der Waals surface area contributed by atoms with Gasteiger partial charge >= 0.3 is 6.03 Å². The van der Waals surface area contributed by atoms with Crippen LogP contribution in [-0.2, 0) is 16.1 Å². The Kier molecular flexibility index (Phi) is 6.24. The minimum atomic E-state index is -0.408. The molecule has 3 heterocycles. The zero-order valence-corrected chi connectivity index (χ0v) is 18.3. The van der Waals surface area contributed by atoms with E-state index in [4.69, 9.17) is 0 Å². The lowest BCUT2D eigenvalue weighted by Crippen LogP contribution is -2.62. The van der Waals surface area contributed by atoms with Crippen LogP contribution in [0.25, 0.3) is 0 Å². The molecular formula is C20H30N6O3S. The number of nitrogens with zero attached hydrogens (tertiary/aromatic N) is 3. The number of hydrogen-bond donors (Lipinski definition) is 3. The van der Waals surface area contributed by atoms with Gasteiger partial charge in [-0.15, -0.1) is 11.3 Å². The zero-order valence-electron chi connectivity index (χ0n) is 17.5. The van der Waals surface area contributed by atoms with E-state index in [0.717, 1.165) is 25.0 Å². The van der Waals surface area contributed by atoms with Gasteiger partial charge in [0.25, 0.3) is 0 Å². The fourth-order valence-electron chi connectivity index (χ4n) is 4.30. The van der Waals surface area contributed by atoms with Crippen molar-refractivity contribution in [2.75, 3.05) is 19.6 Å². The Labute approximate surface area is 180 Å². The third-order valence-corrected chi connectivity index (χ3v) is 6.53. The minimum absolute atomic E-state index is 0.0196. The summed E-state index contributed by atoms with van der Waals surface area (Å²) < 4.78 is 0. The molecule has 9 nitrogen and oxygen atoms in total. The number of carbonyl (C=O) groups is 3. The van der Waals surface area contributed by atoms with Crippen LogP contribution in [0, 0.1) is 5.92 Å². The first-order chi connectivity index (χ1) is 14.4. The largest absolute Gasteiger partial charge is 0.354 e. The smallest absolute Gasteiger partial charge is 0.315 e. The Morgan fingerprint density at radius 3 is 2.77 bits per heavy atom. The average molecular weight is 435 g/mol. The van der Waals surface area contributed by atoms with Gasteiger partial charge in [0.1, 0.15) is 6.04 Å². The molecule has 0 radical (unpaired) electrons. The van der Waals surface area contributed by atoms with E-state index in [1.165, 1.54) is 11.3 Å². The Balaban J connectivity index is 1.42. The monoisotopic (exact) mass is 434 g/mol. The van der Waals surface area contributed by atoms with Gasteiger partial charge in [-0.1, -0.05) is 0 Å². The predicted molar refractivity (Wildman–Crippen MR) is 113 cm³/mol. The fraction of sp³-hybridized carbons (Fsp3) is 0.700. The second kappa shape index (κ2) is 8.89. The maximum atomic E-state index is 13.3. The molecule has 3 aliphatic rings. The number of nitrogens with one attached hydrogen (secondary N) is 3. The van der Waals surface area contributed by atoms with Crippen LogP contribution >= 0.6 is 11.3 Å². The van der Waals surface area contributed by atoms with Gasteiger partial charge in [0.15, 0.2) is 0 Å². The molecule has 0 bridgehead atoms. The van der Waals surface area contributed by atoms with E-state index >= 15 is 0 Å². The molecule has 3 atom stereocenters. The molecule has 4 amide bonds. The van der Waals surface area contributed by atoms with Crippen molar-refractivity contribution in [3.63, 3.8) is 0 Å². The molecule has 3 N–H and O–H groups in total. The second-order valence-electron chi connectivity index (χ2n) is 8.79. The first kappa shape index (κ1) is 21.0. The first-order valence-electron chi connectivity index (χ1n) is 10.7. The van der Waals surface area contributed by atoms with Crippen LogP contribution in [-0.4, -0.2) is 76.4 Å². The lowest BCUT2D eigenvalue weighted by molar-refractivity contribution is -0.144. The summed E-state index contributed by atoms with van der Waals surface area (Å²) >= 11 is 1.53. The molecule has 1 saturated carbocycles. The van der Waals surface area contributed by atoms with E-state index in [1.807, 2.05) is 24.1 Å². The van der Waals surface area contributed by atoms with Gasteiger partial charge in [0.05, 0.1) is 17.2 Å². The molecule has 10 heteroatoms. The quantitative estimate of drug-likeness (QED) is 0.580. The van der Waals surface area contributed by atoms with Gasteiger partial charge in [0.2, 0.25) is 11.8 Å². The summed E-state index contributed by atoms with van der Waals surface area (Å²) in [5.41, 5.74) is 2.73. The maximum Gasteiger partial charge on any atom is 0.315 e. The van der Waals surface area contributed by atoms with Gasteiger partial charge in [-0.2, -0.15) is 0 Å². The summed E-state index contributed by atoms with van der Waals surface area (Å²) in [6, 6.07) is -0.568. The molecule has 1 aliphatic carbocycles. The van der Waals surface area contributed by atoms with Crippen molar-refractivity contribution in [2.24, 2.45) is 5.92 Å². The SMILES string of the molecule is CC(C)NC(=O)N[C@H]1C[C@H]2CN(Cc3cscn3)[C@@H](CNC(=O)C3CC3)C(=O)N2C1. The summed E-state index contributed by atoms with van der Waals surface area (Å²) in [5.74, 6) is 0.180. The van der Waals surface area contributed by atoms with Crippen LogP contribution in [0.3, 0.4) is 0 Å². The van der Waals surface area contributed by atoms with E-state index in [9.17, 15) is 14.4 Å². The molecule has 0 spiro atoms. The van der Waals surface area contributed by atoms with Crippen molar-refractivity contribution in [1.82, 2.24) is 30.7 Å². The van der Waals surface area contributed by atoms with Crippen LogP contribution in [0.5, 0.6) is 0 Å². The number of urea groups is 1. The van der Waals surface area contributed by atoms with E-state index in [1.54, 1.807) is 5.51 Å². The van der Waals surface area contributed by atoms with Crippen molar-refractivity contribution >= 4 is 29.2 Å². The number of fused-ring (bicyclic) bond motifs is 1. The van der Waals surface area contributed by atoms with E-state index < -0.39 is 6.04 Å². The predicted octanol–water partition coefficient (Wildman–Crippen LogP) is 0.531. The molecule has 2 aliphatic heterocycles. The van der Waals surface area contributed by atoms with Gasteiger partial charge in [0, 0.05) is 49.6 Å². The van der Waals surface area contributed by atoms with Crippen molar-refractivity contribution in [1.29, 1.82) is 0 Å². The van der Waals surface area contributed by atoms with E-state index in [-0.39, 0.29) is 41.9 Å². The Bertz CT molecular complexity index is 782. The molecule has 3 fully saturated rings. The van der Waals surface area contributed by atoms with E-state index in [0.29, 0.717) is 26.2 Å². The fourth-order valence-corrected chi connectivity index (χ4v) is 4.85. The molecule has 2 saturated heterocycles. The van der Waals surface area contributed by atoms with Crippen LogP contribution in [0.15, 0.2) is 10.9 Å². The van der Waals surface area contributed by atoms with E-state index in [2.05, 4.69) is 25.8 Å². The van der Waals surface area contributed by atoms with Crippen molar-refractivity contribution in [2.45, 2.75) is 63.8 Å². The number of hydrogen-bond acceptors (Lipinski definition) is 6. The molecule has 30 heavy (non-hydrogen) atoms. The van der Waals surface area contributed by atoms with Crippen molar-refractivity contribution in [3.8, 4) is 0 Å². The highest BCUT2D eigenvalue weighted by Gasteiger charge is 2.46. The Morgan fingerprint density at radius 2 is 2.10 bits per heavy atom. The molecule has 0 aromatic carbocycles. The van der Waals surface area contributed by atoms with Crippen molar-refractivity contribution in [3.05, 3.63) is 16.6 Å². The average Bonchev–Trinajstić information content (AvgIpc) is 3.26. The Hall–Kier alpha value is -2.20. The van der Waals surface area contributed by atoms with Crippen LogP contribution in [0.4, 0.5) is 4.79 Å². The lowest BCUT2D eigenvalue weighted by atomic mass is 10.0. The Morgan fingerprint density at radius 1 is 1.30 bits per heavy atom. The second-order valence-corrected chi connectivity index (χ2v) is 9.51. The number of thiazole rings is 1. The summed E-state index contributed by atoms with van der Waals surface area (Å²) in [6.07, 6.45) is 2.60. The third-order valence-electron chi connectivity index (χ3n) is 5.89. The lowest BCUT2D eigenvalue weighted by Gasteiger charge is -2.42.